The normalized spacial score (nSPS) is 11.6. The number of ether oxygens (including phenoxy) is 4. The highest BCUT2D eigenvalue weighted by atomic mass is 35.5. The fraction of sp³-hybridized carbons (Fsp3) is 0.0769. The van der Waals surface area contributed by atoms with Crippen molar-refractivity contribution < 1.29 is 38.1 Å². The third-order valence-electron chi connectivity index (χ3n) is 10.7. The van der Waals surface area contributed by atoms with Gasteiger partial charge >= 0.3 is 0 Å². The fourth-order valence-corrected chi connectivity index (χ4v) is 8.16. The molecular weight excluding hydrogens is 950 g/mol. The minimum atomic E-state index is -0.647. The average molecular weight is 985 g/mol. The van der Waals surface area contributed by atoms with Gasteiger partial charge in [0.1, 0.15) is 23.0 Å². The number of carbonyl (C=O) groups is 4. The summed E-state index contributed by atoms with van der Waals surface area (Å²) in [4.78, 5) is 64.8. The number of hydrogen-bond acceptors (Lipinski definition) is 10. The van der Waals surface area contributed by atoms with Crippen molar-refractivity contribution in [3.63, 3.8) is 0 Å². The van der Waals surface area contributed by atoms with Crippen molar-refractivity contribution in [1.82, 2.24) is 19.9 Å². The van der Waals surface area contributed by atoms with Gasteiger partial charge in [0.25, 0.3) is 21.0 Å². The number of nitrogens with one attached hydrogen (secondary N) is 2. The van der Waals surface area contributed by atoms with Gasteiger partial charge in [0.05, 0.1) is 22.8 Å². The zero-order chi connectivity index (χ0) is 47.3. The van der Waals surface area contributed by atoms with Crippen molar-refractivity contribution in [3.8, 4) is 67.5 Å². The number of benzene rings is 4. The Morgan fingerprint density at radius 2 is 0.603 bits per heavy atom. The molecule has 0 amide bonds. The third-order valence-corrected chi connectivity index (χ3v) is 11.1. The molecule has 68 heavy (non-hydrogen) atoms. The van der Waals surface area contributed by atoms with E-state index in [1.54, 1.807) is 24.3 Å². The first-order chi connectivity index (χ1) is 32.9. The molecule has 4 aromatic carbocycles. The molecule has 0 unspecified atom stereocenters. The third kappa shape index (κ3) is 10.4. The summed E-state index contributed by atoms with van der Waals surface area (Å²) < 4.78 is 23.0. The first-order valence-electron chi connectivity index (χ1n) is 20.8. The van der Waals surface area contributed by atoms with Crippen LogP contribution in [0.2, 0.25) is 0 Å². The molecule has 2 N–H and O–H groups in total. The van der Waals surface area contributed by atoms with Gasteiger partial charge in [0.2, 0.25) is 0 Å². The average Bonchev–Trinajstić information content (AvgIpc) is 4.18. The number of fused-ring (bicyclic) bond motifs is 8. The second kappa shape index (κ2) is 20.2. The molecule has 0 spiro atoms. The Balaban J connectivity index is 1.39. The largest absolute Gasteiger partial charge is 0.484 e. The Labute approximate surface area is 407 Å². The van der Waals surface area contributed by atoms with Crippen molar-refractivity contribution in [3.05, 3.63) is 144 Å². The van der Waals surface area contributed by atoms with Gasteiger partial charge in [-0.05, 0) is 166 Å². The minimum absolute atomic E-state index is 0.327. The van der Waals surface area contributed by atoms with Gasteiger partial charge in [-0.2, -0.15) is 0 Å². The van der Waals surface area contributed by atoms with Crippen LogP contribution in [-0.2, 0) is 19.2 Å². The molecule has 0 fully saturated rings. The topological polar surface area (TPSA) is 163 Å². The lowest BCUT2D eigenvalue weighted by Crippen LogP contribution is -2.04. The molecular formula is C52H34Cl4N4O8. The molecule has 5 heterocycles. The van der Waals surface area contributed by atoms with E-state index >= 15 is 0 Å². The molecule has 2 aliphatic heterocycles. The van der Waals surface area contributed by atoms with Gasteiger partial charge in [0, 0.05) is 44.3 Å². The maximum Gasteiger partial charge on any atom is 0.259 e. The van der Waals surface area contributed by atoms with E-state index in [-0.39, 0.29) is 26.4 Å². The number of carbonyl (C=O) groups excluding carboxylic acids is 4. The van der Waals surface area contributed by atoms with Crippen LogP contribution in [0, 0.1) is 0 Å². The smallest absolute Gasteiger partial charge is 0.259 e. The maximum atomic E-state index is 11.7. The molecule has 3 aromatic heterocycles. The lowest BCUT2D eigenvalue weighted by molar-refractivity contribution is -0.114. The van der Waals surface area contributed by atoms with Crippen LogP contribution in [0.15, 0.2) is 121 Å². The molecule has 9 rings (SSSR count). The summed E-state index contributed by atoms with van der Waals surface area (Å²) in [5, 5.41) is -2.59. The van der Waals surface area contributed by atoms with Crippen LogP contribution in [-0.4, -0.2) is 67.3 Å². The Bertz CT molecular complexity index is 2980. The summed E-state index contributed by atoms with van der Waals surface area (Å²) in [6.45, 7) is -1.31. The first-order valence-corrected chi connectivity index (χ1v) is 22.3. The van der Waals surface area contributed by atoms with E-state index in [0.29, 0.717) is 112 Å². The van der Waals surface area contributed by atoms with Crippen molar-refractivity contribution in [1.29, 1.82) is 0 Å². The molecule has 2 aliphatic rings. The molecule has 0 atom stereocenters. The van der Waals surface area contributed by atoms with Gasteiger partial charge in [-0.1, -0.05) is 48.5 Å². The van der Waals surface area contributed by atoms with Gasteiger partial charge in [0.15, 0.2) is 26.4 Å². The van der Waals surface area contributed by atoms with Gasteiger partial charge in [-0.15, -0.1) is 0 Å². The Morgan fingerprint density at radius 3 is 0.824 bits per heavy atom. The van der Waals surface area contributed by atoms with Gasteiger partial charge in [-0.3, -0.25) is 19.2 Å². The van der Waals surface area contributed by atoms with E-state index in [1.165, 1.54) is 0 Å². The van der Waals surface area contributed by atoms with Crippen molar-refractivity contribution in [2.75, 3.05) is 26.4 Å². The Morgan fingerprint density at radius 1 is 0.368 bits per heavy atom. The number of halogens is 4. The van der Waals surface area contributed by atoms with Crippen LogP contribution >= 0.6 is 46.4 Å². The zero-order valence-electron chi connectivity index (χ0n) is 35.4. The van der Waals surface area contributed by atoms with Crippen LogP contribution in [0.1, 0.15) is 22.8 Å². The monoisotopic (exact) mass is 982 g/mol. The van der Waals surface area contributed by atoms with Gasteiger partial charge in [-0.25, -0.2) is 9.97 Å². The number of H-pyrrole nitrogens is 2. The number of nitrogens with zero attached hydrogens (tertiary/aromatic N) is 2. The fourth-order valence-electron chi connectivity index (χ4n) is 7.95. The maximum absolute atomic E-state index is 11.7. The van der Waals surface area contributed by atoms with Crippen molar-refractivity contribution >= 4 is 114 Å². The van der Waals surface area contributed by atoms with Crippen LogP contribution in [0.4, 0.5) is 0 Å². The summed E-state index contributed by atoms with van der Waals surface area (Å²) in [5.74, 6) is 1.66. The molecule has 16 heteroatoms. The Kier molecular flexibility index (Phi) is 13.5. The SMILES string of the molecule is O=C(Cl)COc1cccc(-c2c3nc(c(-c4cccc(OCC(=O)Cl)c4)c4ccc([nH]4)c(-c4cccc(OCC(=O)Cl)c4)c4nc(c(-c5cccc(OCC(=O)Cl)c5)c5ccc2[nH]5)C=C4)C=C3)c1. The van der Waals surface area contributed by atoms with E-state index in [9.17, 15) is 19.2 Å². The first kappa shape index (κ1) is 45.7. The summed E-state index contributed by atoms with van der Waals surface area (Å²) in [6.07, 6.45) is 7.66. The number of aromatic nitrogens is 4. The van der Waals surface area contributed by atoms with E-state index in [0.717, 1.165) is 0 Å². The summed E-state index contributed by atoms with van der Waals surface area (Å²) in [7, 11) is 0. The number of rotatable bonds is 16. The second-order valence-corrected chi connectivity index (χ2v) is 16.9. The quantitative estimate of drug-likeness (QED) is 0.0891. The minimum Gasteiger partial charge on any atom is -0.484 e. The molecule has 8 bridgehead atoms. The summed E-state index contributed by atoms with van der Waals surface area (Å²) in [6, 6.07) is 36.9. The van der Waals surface area contributed by atoms with Gasteiger partial charge < -0.3 is 28.9 Å². The number of hydrogen-bond donors (Lipinski definition) is 2. The van der Waals surface area contributed by atoms with Crippen molar-refractivity contribution in [2.45, 2.75) is 0 Å². The molecule has 12 nitrogen and oxygen atoms in total. The number of aromatic amines is 2. The molecule has 0 radical (unpaired) electrons. The molecule has 0 saturated heterocycles. The van der Waals surface area contributed by atoms with Crippen LogP contribution in [0.5, 0.6) is 23.0 Å². The predicted octanol–water partition coefficient (Wildman–Crippen LogP) is 11.9. The Hall–Kier alpha value is -7.48. The summed E-state index contributed by atoms with van der Waals surface area (Å²) >= 11 is 22.6. The molecule has 0 aliphatic carbocycles. The van der Waals surface area contributed by atoms with Crippen molar-refractivity contribution in [2.24, 2.45) is 0 Å². The lowest BCUT2D eigenvalue weighted by atomic mass is 10.0. The second-order valence-electron chi connectivity index (χ2n) is 15.2. The standard InChI is InChI=1S/C52H34Cl4N4O8/c53-45(61)25-65-33-9-1-5-29(21-33)49-37-13-15-39(57-37)50(30-6-2-10-34(22-30)66-26-46(54)62)41-17-19-43(59-41)52(32-8-4-12-36(24-32)68-28-48(56)64)44-20-18-42(60-44)51(40-16-14-38(49)58-40)31-7-3-11-35(23-31)67-27-47(55)63/h1-24,57,60H,25-28H2. The van der Waals surface area contributed by atoms with Crippen LogP contribution in [0.3, 0.4) is 0 Å². The summed E-state index contributed by atoms with van der Waals surface area (Å²) in [5.41, 5.74) is 10.7. The highest BCUT2D eigenvalue weighted by molar-refractivity contribution is 6.64. The van der Waals surface area contributed by atoms with E-state index in [4.69, 9.17) is 75.3 Å². The van der Waals surface area contributed by atoms with E-state index in [1.807, 2.05) is 121 Å². The highest BCUT2D eigenvalue weighted by Gasteiger charge is 2.20. The van der Waals surface area contributed by atoms with E-state index < -0.39 is 21.0 Å². The van der Waals surface area contributed by atoms with E-state index in [2.05, 4.69) is 9.97 Å². The molecule has 7 aromatic rings. The molecule has 338 valence electrons. The zero-order valence-corrected chi connectivity index (χ0v) is 38.4. The highest BCUT2D eigenvalue weighted by Crippen LogP contribution is 2.40. The lowest BCUT2D eigenvalue weighted by Gasteiger charge is -2.10. The predicted molar refractivity (Wildman–Crippen MR) is 266 cm³/mol. The van der Waals surface area contributed by atoms with Crippen LogP contribution < -0.4 is 18.9 Å². The molecule has 0 saturated carbocycles. The van der Waals surface area contributed by atoms with Crippen LogP contribution in [0.25, 0.3) is 90.9 Å².